The molecule has 0 unspecified atom stereocenters. The zero-order valence-electron chi connectivity index (χ0n) is 15.8. The van der Waals surface area contributed by atoms with E-state index in [0.29, 0.717) is 16.6 Å². The van der Waals surface area contributed by atoms with Gasteiger partial charge in [-0.3, -0.25) is 4.98 Å². The highest BCUT2D eigenvalue weighted by molar-refractivity contribution is 6.90. The summed E-state index contributed by atoms with van der Waals surface area (Å²) in [5.74, 6) is 3.59. The number of nitrogens with zero attached hydrogens (tertiary/aromatic N) is 1. The van der Waals surface area contributed by atoms with E-state index in [4.69, 9.17) is 0 Å². The number of hydrogen-bond donors (Lipinski definition) is 0. The van der Waals surface area contributed by atoms with Gasteiger partial charge < -0.3 is 0 Å². The van der Waals surface area contributed by atoms with Crippen LogP contribution in [0.25, 0.3) is 11.1 Å². The second kappa shape index (κ2) is 7.81. The zero-order valence-corrected chi connectivity index (χ0v) is 16.8. The highest BCUT2D eigenvalue weighted by Gasteiger charge is 2.41. The highest BCUT2D eigenvalue weighted by Crippen LogP contribution is 2.40. The molecule has 2 rings (SSSR count). The minimum absolute atomic E-state index is 0.651. The predicted octanol–water partition coefficient (Wildman–Crippen LogP) is 6.32. The summed E-state index contributed by atoms with van der Waals surface area (Å²) in [7, 11) is -1.71. The van der Waals surface area contributed by atoms with E-state index in [1.807, 2.05) is 12.4 Å². The number of rotatable bonds is 4. The van der Waals surface area contributed by atoms with Gasteiger partial charge in [-0.25, -0.2) is 0 Å². The molecule has 0 saturated carbocycles. The fourth-order valence-corrected chi connectivity index (χ4v) is 9.20. The third kappa shape index (κ3) is 3.62. The van der Waals surface area contributed by atoms with Crippen molar-refractivity contribution in [3.05, 3.63) is 54.4 Å². The van der Waals surface area contributed by atoms with Crippen LogP contribution in [0.2, 0.25) is 16.6 Å². The second-order valence-corrected chi connectivity index (χ2v) is 13.0. The van der Waals surface area contributed by atoms with Crippen LogP contribution in [0.3, 0.4) is 0 Å². The van der Waals surface area contributed by atoms with E-state index in [-0.39, 0.29) is 0 Å². The lowest BCUT2D eigenvalue weighted by atomic mass is 10.0. The summed E-state index contributed by atoms with van der Waals surface area (Å²) in [5.41, 5.74) is 9.29. The van der Waals surface area contributed by atoms with Crippen molar-refractivity contribution in [2.75, 3.05) is 0 Å². The summed E-state index contributed by atoms with van der Waals surface area (Å²) in [6, 6.07) is 12.6. The van der Waals surface area contributed by atoms with Gasteiger partial charge in [0.15, 0.2) is 0 Å². The molecule has 1 heterocycles. The molecule has 0 saturated heterocycles. The monoisotopic (exact) mass is 335 g/mol. The van der Waals surface area contributed by atoms with Crippen LogP contribution in [-0.4, -0.2) is 13.1 Å². The van der Waals surface area contributed by atoms with Gasteiger partial charge in [0.1, 0.15) is 8.07 Å². The van der Waals surface area contributed by atoms with Crippen LogP contribution in [0.4, 0.5) is 0 Å². The molecule has 1 nitrogen and oxygen atoms in total. The first kappa shape index (κ1) is 18.5. The molecule has 126 valence electrons. The van der Waals surface area contributed by atoms with E-state index < -0.39 is 8.07 Å². The van der Waals surface area contributed by atoms with Gasteiger partial charge in [-0.1, -0.05) is 65.7 Å². The van der Waals surface area contributed by atoms with E-state index in [1.54, 1.807) is 0 Å². The van der Waals surface area contributed by atoms with Crippen LogP contribution in [0.5, 0.6) is 0 Å². The van der Waals surface area contributed by atoms with E-state index in [2.05, 4.69) is 94.4 Å². The Labute approximate surface area is 148 Å². The first-order chi connectivity index (χ1) is 11.4. The Morgan fingerprint density at radius 1 is 0.792 bits per heavy atom. The number of aromatic nitrogens is 1. The molecule has 0 bridgehead atoms. The molecule has 24 heavy (non-hydrogen) atoms. The Kier molecular flexibility index (Phi) is 6.02. The number of pyridine rings is 1. The summed E-state index contributed by atoms with van der Waals surface area (Å²) in [5, 5.41) is 0. The van der Waals surface area contributed by atoms with Crippen LogP contribution < -0.4 is 0 Å². The highest BCUT2D eigenvalue weighted by atomic mass is 28.3. The van der Waals surface area contributed by atoms with Crippen molar-refractivity contribution in [3.63, 3.8) is 0 Å². The van der Waals surface area contributed by atoms with Gasteiger partial charge in [0, 0.05) is 18.0 Å². The van der Waals surface area contributed by atoms with E-state index in [0.717, 1.165) is 5.56 Å². The fraction of sp³-hybridized carbons (Fsp3) is 0.409. The number of benzene rings is 1. The van der Waals surface area contributed by atoms with Crippen LogP contribution in [0.1, 0.15) is 47.1 Å². The summed E-state index contributed by atoms with van der Waals surface area (Å²) < 4.78 is 0. The van der Waals surface area contributed by atoms with Gasteiger partial charge in [-0.05, 0) is 45.9 Å². The van der Waals surface area contributed by atoms with Gasteiger partial charge >= 0.3 is 0 Å². The Balaban J connectivity index is 2.55. The molecule has 0 radical (unpaired) electrons. The Hall–Kier alpha value is -1.85. The molecule has 0 atom stereocenters. The fourth-order valence-electron chi connectivity index (χ4n) is 3.98. The molecule has 0 amide bonds. The quantitative estimate of drug-likeness (QED) is 0.471. The normalized spacial score (nSPS) is 11.7. The Morgan fingerprint density at radius 2 is 1.33 bits per heavy atom. The summed E-state index contributed by atoms with van der Waals surface area (Å²) in [6.07, 6.45) is 3.68. The Bertz CT molecular complexity index is 699. The van der Waals surface area contributed by atoms with E-state index in [1.165, 1.54) is 11.1 Å². The minimum Gasteiger partial charge on any atom is -0.265 e. The molecule has 0 spiro atoms. The molecule has 2 heteroatoms. The minimum atomic E-state index is -1.71. The third-order valence-electron chi connectivity index (χ3n) is 5.20. The van der Waals surface area contributed by atoms with Gasteiger partial charge in [0.25, 0.3) is 0 Å². The first-order valence-corrected chi connectivity index (χ1v) is 11.1. The summed E-state index contributed by atoms with van der Waals surface area (Å²) in [6.45, 7) is 14.1. The van der Waals surface area contributed by atoms with Crippen LogP contribution in [0, 0.1) is 11.5 Å². The lowest BCUT2D eigenvalue weighted by Crippen LogP contribution is -2.43. The van der Waals surface area contributed by atoms with Crippen LogP contribution in [-0.2, 0) is 0 Å². The van der Waals surface area contributed by atoms with Crippen molar-refractivity contribution in [2.45, 2.75) is 58.2 Å². The third-order valence-corrected chi connectivity index (χ3v) is 11.5. The van der Waals surface area contributed by atoms with Gasteiger partial charge in [0.2, 0.25) is 0 Å². The number of hydrogen-bond acceptors (Lipinski definition) is 1. The SMILES string of the molecule is CC(C)[Si](C#Cc1ccccc1-c1ccncc1)(C(C)C)C(C)C. The van der Waals surface area contributed by atoms with Crippen molar-refractivity contribution in [2.24, 2.45) is 0 Å². The van der Waals surface area contributed by atoms with E-state index in [9.17, 15) is 0 Å². The zero-order chi connectivity index (χ0) is 17.7. The maximum Gasteiger partial charge on any atom is 0.146 e. The average molecular weight is 336 g/mol. The maximum absolute atomic E-state index is 4.13. The molecule has 0 aliphatic carbocycles. The smallest absolute Gasteiger partial charge is 0.146 e. The Morgan fingerprint density at radius 3 is 1.88 bits per heavy atom. The average Bonchev–Trinajstić information content (AvgIpc) is 2.55. The van der Waals surface area contributed by atoms with Crippen LogP contribution >= 0.6 is 0 Å². The first-order valence-electron chi connectivity index (χ1n) is 8.92. The van der Waals surface area contributed by atoms with Gasteiger partial charge in [0.05, 0.1) is 0 Å². The standard InChI is InChI=1S/C22H29NSi/c1-17(2)24(18(3)4,19(5)6)16-13-20-9-7-8-10-22(20)21-11-14-23-15-12-21/h7-12,14-15,17-19H,1-6H3. The summed E-state index contributed by atoms with van der Waals surface area (Å²) in [4.78, 5) is 4.13. The second-order valence-electron chi connectivity index (χ2n) is 7.43. The van der Waals surface area contributed by atoms with E-state index >= 15 is 0 Å². The molecule has 0 fully saturated rings. The molecule has 0 aliphatic rings. The lowest BCUT2D eigenvalue weighted by molar-refractivity contribution is 0.838. The van der Waals surface area contributed by atoms with Crippen molar-refractivity contribution in [1.29, 1.82) is 0 Å². The molecular formula is C22H29NSi. The van der Waals surface area contributed by atoms with Crippen molar-refractivity contribution in [1.82, 2.24) is 4.98 Å². The summed E-state index contributed by atoms with van der Waals surface area (Å²) >= 11 is 0. The maximum atomic E-state index is 4.13. The lowest BCUT2D eigenvalue weighted by Gasteiger charge is -2.38. The topological polar surface area (TPSA) is 12.9 Å². The van der Waals surface area contributed by atoms with Crippen molar-refractivity contribution in [3.8, 4) is 22.6 Å². The molecule has 0 N–H and O–H groups in total. The molecule has 2 aromatic rings. The molecule has 0 aliphatic heterocycles. The van der Waals surface area contributed by atoms with Gasteiger partial charge in [-0.15, -0.1) is 5.54 Å². The van der Waals surface area contributed by atoms with Crippen molar-refractivity contribution >= 4 is 8.07 Å². The largest absolute Gasteiger partial charge is 0.265 e. The predicted molar refractivity (Wildman–Crippen MR) is 108 cm³/mol. The van der Waals surface area contributed by atoms with Crippen molar-refractivity contribution < 1.29 is 0 Å². The molecule has 1 aromatic carbocycles. The van der Waals surface area contributed by atoms with Crippen LogP contribution in [0.15, 0.2) is 48.8 Å². The molecular weight excluding hydrogens is 306 g/mol. The van der Waals surface area contributed by atoms with Gasteiger partial charge in [-0.2, -0.15) is 0 Å². The molecule has 1 aromatic heterocycles.